The fourth-order valence-electron chi connectivity index (χ4n) is 3.89. The number of likely N-dealkylation sites (tertiary alicyclic amines) is 1. The van der Waals surface area contributed by atoms with Gasteiger partial charge in [-0.1, -0.05) is 6.92 Å². The summed E-state index contributed by atoms with van der Waals surface area (Å²) in [5.41, 5.74) is 1.41. The second-order valence-electron chi connectivity index (χ2n) is 6.64. The number of thiophene rings is 1. The van der Waals surface area contributed by atoms with Crippen LogP contribution in [0.25, 0.3) is 0 Å². The lowest BCUT2D eigenvalue weighted by molar-refractivity contribution is -0.114. The van der Waals surface area contributed by atoms with Crippen LogP contribution in [-0.2, 0) is 23.2 Å². The van der Waals surface area contributed by atoms with E-state index in [1.165, 1.54) is 10.4 Å². The molecule has 1 spiro atoms. The van der Waals surface area contributed by atoms with Crippen molar-refractivity contribution in [3.05, 3.63) is 21.4 Å². The average molecular weight is 309 g/mol. The van der Waals surface area contributed by atoms with Gasteiger partial charge in [-0.25, -0.2) is 0 Å². The van der Waals surface area contributed by atoms with Crippen molar-refractivity contribution in [2.24, 2.45) is 0 Å². The van der Waals surface area contributed by atoms with Gasteiger partial charge < -0.3 is 9.84 Å². The van der Waals surface area contributed by atoms with Crippen molar-refractivity contribution in [1.29, 1.82) is 0 Å². The summed E-state index contributed by atoms with van der Waals surface area (Å²) in [6.07, 6.45) is 4.05. The maximum atomic E-state index is 9.65. The molecule has 0 aliphatic carbocycles. The molecule has 0 unspecified atom stereocenters. The summed E-state index contributed by atoms with van der Waals surface area (Å²) in [5, 5.41) is 9.65. The molecule has 0 bridgehead atoms. The van der Waals surface area contributed by atoms with Crippen LogP contribution in [0.2, 0.25) is 0 Å². The van der Waals surface area contributed by atoms with E-state index in [0.29, 0.717) is 6.04 Å². The Labute approximate surface area is 131 Å². The van der Waals surface area contributed by atoms with Crippen molar-refractivity contribution in [3.8, 4) is 0 Å². The Kier molecular flexibility index (Phi) is 4.42. The lowest BCUT2D eigenvalue weighted by Gasteiger charge is -2.47. The number of fused-ring (bicyclic) bond motifs is 2. The van der Waals surface area contributed by atoms with Crippen LogP contribution in [0.5, 0.6) is 0 Å². The van der Waals surface area contributed by atoms with Gasteiger partial charge in [0, 0.05) is 35.3 Å². The molecule has 3 heterocycles. The third-order valence-corrected chi connectivity index (χ3v) is 6.30. The molecule has 0 aromatic carbocycles. The number of β-amino-alcohol motifs (C(OH)–C–C–N with tert-alkyl or cyclic N) is 1. The molecular formula is C17H27NO2S. The molecule has 1 aromatic rings. The highest BCUT2D eigenvalue weighted by atomic mass is 32.1. The molecule has 3 rings (SSSR count). The number of piperidine rings is 1. The third kappa shape index (κ3) is 2.91. The number of aliphatic hydroxyl groups excluding tert-OH is 1. The maximum Gasteiger partial charge on any atom is 0.0969 e. The minimum atomic E-state index is -0.253. The minimum Gasteiger partial charge on any atom is -0.392 e. The Balaban J connectivity index is 1.82. The van der Waals surface area contributed by atoms with Crippen LogP contribution in [-0.4, -0.2) is 41.8 Å². The van der Waals surface area contributed by atoms with E-state index in [1.54, 1.807) is 4.88 Å². The summed E-state index contributed by atoms with van der Waals surface area (Å²) in [6, 6.07) is 2.86. The first-order valence-electron chi connectivity index (χ1n) is 8.22. The summed E-state index contributed by atoms with van der Waals surface area (Å²) in [6.45, 7) is 9.03. The first kappa shape index (κ1) is 15.5. The maximum absolute atomic E-state index is 9.65. The van der Waals surface area contributed by atoms with Crippen molar-refractivity contribution in [2.45, 2.75) is 64.2 Å². The predicted octanol–water partition coefficient (Wildman–Crippen LogP) is 2.94. The number of nitrogens with zero attached hydrogens (tertiary/aromatic N) is 1. The molecular weight excluding hydrogens is 282 g/mol. The predicted molar refractivity (Wildman–Crippen MR) is 87.0 cm³/mol. The molecule has 0 saturated carbocycles. The van der Waals surface area contributed by atoms with E-state index >= 15 is 0 Å². The van der Waals surface area contributed by atoms with Gasteiger partial charge in [-0.15, -0.1) is 11.3 Å². The summed E-state index contributed by atoms with van der Waals surface area (Å²) < 4.78 is 6.33. The van der Waals surface area contributed by atoms with Gasteiger partial charge in [0.25, 0.3) is 0 Å². The average Bonchev–Trinajstić information content (AvgIpc) is 2.87. The normalized spacial score (nSPS) is 31.3. The summed E-state index contributed by atoms with van der Waals surface area (Å²) >= 11 is 1.98. The van der Waals surface area contributed by atoms with E-state index in [2.05, 4.69) is 24.8 Å². The largest absolute Gasteiger partial charge is 0.392 e. The van der Waals surface area contributed by atoms with Gasteiger partial charge in [-0.05, 0) is 44.7 Å². The van der Waals surface area contributed by atoms with Crippen LogP contribution in [0, 0.1) is 0 Å². The van der Waals surface area contributed by atoms with Crippen LogP contribution in [0.4, 0.5) is 0 Å². The van der Waals surface area contributed by atoms with Gasteiger partial charge >= 0.3 is 0 Å². The number of aliphatic hydroxyl groups is 1. The minimum absolute atomic E-state index is 0.0634. The molecule has 3 nitrogen and oxygen atoms in total. The number of hydrogen-bond acceptors (Lipinski definition) is 4. The van der Waals surface area contributed by atoms with Crippen LogP contribution >= 0.6 is 11.3 Å². The highest BCUT2D eigenvalue weighted by Gasteiger charge is 2.44. The first-order chi connectivity index (χ1) is 10.0. The van der Waals surface area contributed by atoms with Crippen molar-refractivity contribution >= 4 is 11.3 Å². The fraction of sp³-hybridized carbons (Fsp3) is 0.765. The van der Waals surface area contributed by atoms with E-state index in [-0.39, 0.29) is 11.7 Å². The van der Waals surface area contributed by atoms with E-state index in [9.17, 15) is 5.11 Å². The Morgan fingerprint density at radius 2 is 2.38 bits per heavy atom. The van der Waals surface area contributed by atoms with Gasteiger partial charge in [0.05, 0.1) is 18.3 Å². The van der Waals surface area contributed by atoms with Crippen LogP contribution in [0.15, 0.2) is 6.07 Å². The number of hydrogen-bond donors (Lipinski definition) is 1. The van der Waals surface area contributed by atoms with Crippen molar-refractivity contribution < 1.29 is 9.84 Å². The van der Waals surface area contributed by atoms with Crippen molar-refractivity contribution in [3.63, 3.8) is 0 Å². The molecule has 2 aliphatic heterocycles. The van der Waals surface area contributed by atoms with Gasteiger partial charge in [-0.2, -0.15) is 0 Å². The molecule has 0 amide bonds. The summed E-state index contributed by atoms with van der Waals surface area (Å²) in [5.74, 6) is 0. The molecule has 1 N–H and O–H groups in total. The van der Waals surface area contributed by atoms with E-state index in [1.807, 2.05) is 18.3 Å². The second kappa shape index (κ2) is 5.99. The van der Waals surface area contributed by atoms with Crippen molar-refractivity contribution in [1.82, 2.24) is 4.90 Å². The Bertz CT molecular complexity index is 499. The fourth-order valence-corrected chi connectivity index (χ4v) is 5.06. The second-order valence-corrected chi connectivity index (χ2v) is 7.86. The van der Waals surface area contributed by atoms with Crippen molar-refractivity contribution in [2.75, 3.05) is 19.7 Å². The molecule has 1 saturated heterocycles. The van der Waals surface area contributed by atoms with Gasteiger partial charge in [-0.3, -0.25) is 4.90 Å². The highest BCUT2D eigenvalue weighted by Crippen LogP contribution is 2.46. The lowest BCUT2D eigenvalue weighted by atomic mass is 9.79. The van der Waals surface area contributed by atoms with E-state index in [4.69, 9.17) is 4.74 Å². The first-order valence-corrected chi connectivity index (χ1v) is 9.04. The zero-order chi connectivity index (χ0) is 15.0. The summed E-state index contributed by atoms with van der Waals surface area (Å²) in [7, 11) is 0. The zero-order valence-corrected chi connectivity index (χ0v) is 14.2. The third-order valence-electron chi connectivity index (χ3n) is 4.96. The van der Waals surface area contributed by atoms with E-state index in [0.717, 1.165) is 45.4 Å². The number of aryl methyl sites for hydroxylation is 1. The molecule has 1 fully saturated rings. The molecule has 2 aliphatic rings. The van der Waals surface area contributed by atoms with Crippen LogP contribution in [0.3, 0.4) is 0 Å². The lowest BCUT2D eigenvalue weighted by Crippen LogP contribution is -2.51. The standard InChI is InChI=1S/C17H27NO2S/c1-4-14-9-15-16(21-14)5-8-20-17(15)6-7-18(11-13(3)19)12(2)10-17/h9,12-13,19H,4-8,10-11H2,1-3H3/t12-,13+,17+/m0/s1. The Morgan fingerprint density at radius 3 is 3.05 bits per heavy atom. The Morgan fingerprint density at radius 1 is 1.57 bits per heavy atom. The monoisotopic (exact) mass is 309 g/mol. The van der Waals surface area contributed by atoms with Crippen LogP contribution in [0.1, 0.15) is 48.9 Å². The molecule has 1 aromatic heterocycles. The molecule has 118 valence electrons. The quantitative estimate of drug-likeness (QED) is 0.932. The zero-order valence-electron chi connectivity index (χ0n) is 13.4. The highest BCUT2D eigenvalue weighted by molar-refractivity contribution is 7.12. The van der Waals surface area contributed by atoms with Crippen LogP contribution < -0.4 is 0 Å². The number of ether oxygens (including phenoxy) is 1. The smallest absolute Gasteiger partial charge is 0.0969 e. The van der Waals surface area contributed by atoms with Gasteiger partial charge in [0.1, 0.15) is 0 Å². The molecule has 4 heteroatoms. The van der Waals surface area contributed by atoms with Gasteiger partial charge in [0.2, 0.25) is 0 Å². The Hall–Kier alpha value is -0.420. The molecule has 0 radical (unpaired) electrons. The SMILES string of the molecule is CCc1cc2c(s1)CCO[C@@]21CCN(C[C@@H](C)O)[C@@H](C)C1. The number of rotatable bonds is 3. The summed E-state index contributed by atoms with van der Waals surface area (Å²) in [4.78, 5) is 5.44. The van der Waals surface area contributed by atoms with Gasteiger partial charge in [0.15, 0.2) is 0 Å². The molecule has 21 heavy (non-hydrogen) atoms. The molecule has 3 atom stereocenters. The topological polar surface area (TPSA) is 32.7 Å². The van der Waals surface area contributed by atoms with E-state index < -0.39 is 0 Å².